The summed E-state index contributed by atoms with van der Waals surface area (Å²) in [7, 11) is 1.79. The number of benzene rings is 2. The predicted molar refractivity (Wildman–Crippen MR) is 125 cm³/mol. The van der Waals surface area contributed by atoms with E-state index >= 15 is 4.39 Å². The van der Waals surface area contributed by atoms with Crippen molar-refractivity contribution in [2.75, 3.05) is 16.8 Å². The lowest BCUT2D eigenvalue weighted by Gasteiger charge is -2.19. The molecule has 3 heterocycles. The van der Waals surface area contributed by atoms with E-state index in [0.717, 1.165) is 6.07 Å². The number of carbonyl (C=O) groups excluding carboxylic acids is 1. The third-order valence-corrected chi connectivity index (χ3v) is 6.04. The second-order valence-corrected chi connectivity index (χ2v) is 8.31. The summed E-state index contributed by atoms with van der Waals surface area (Å²) in [6, 6.07) is 10.6. The number of anilines is 3. The van der Waals surface area contributed by atoms with Crippen molar-refractivity contribution in [1.82, 2.24) is 19.7 Å². The maximum Gasteiger partial charge on any atom is 0.231 e. The van der Waals surface area contributed by atoms with Crippen molar-refractivity contribution in [3.05, 3.63) is 82.6 Å². The molecule has 1 aliphatic heterocycles. The van der Waals surface area contributed by atoms with Gasteiger partial charge in [0.2, 0.25) is 11.9 Å². The van der Waals surface area contributed by atoms with E-state index in [2.05, 4.69) is 20.4 Å². The van der Waals surface area contributed by atoms with Crippen molar-refractivity contribution in [2.24, 2.45) is 7.05 Å². The molecule has 1 aliphatic rings. The molecule has 2 aromatic carbocycles. The average molecular weight is 481 g/mol. The van der Waals surface area contributed by atoms with E-state index < -0.39 is 11.6 Å². The summed E-state index contributed by atoms with van der Waals surface area (Å²) in [4.78, 5) is 23.1. The first-order valence-corrected chi connectivity index (χ1v) is 10.9. The number of amides is 1. The van der Waals surface area contributed by atoms with Crippen LogP contribution in [0.25, 0.3) is 11.3 Å². The third kappa shape index (κ3) is 4.22. The van der Waals surface area contributed by atoms with Crippen LogP contribution >= 0.6 is 11.6 Å². The van der Waals surface area contributed by atoms with Crippen LogP contribution in [-0.4, -0.2) is 32.2 Å². The lowest BCUT2D eigenvalue weighted by molar-refractivity contribution is -0.117. The number of carbonyl (C=O) groups is 1. The quantitative estimate of drug-likeness (QED) is 0.448. The Bertz CT molecular complexity index is 1410. The maximum atomic E-state index is 15.2. The molecule has 0 unspecified atom stereocenters. The van der Waals surface area contributed by atoms with Crippen LogP contribution in [0.1, 0.15) is 11.1 Å². The van der Waals surface area contributed by atoms with Gasteiger partial charge in [0.25, 0.3) is 0 Å². The van der Waals surface area contributed by atoms with Crippen LogP contribution < -0.4 is 10.2 Å². The Hall–Kier alpha value is -3.85. The van der Waals surface area contributed by atoms with Crippen LogP contribution in [0.15, 0.2) is 54.9 Å². The molecule has 172 valence electrons. The monoisotopic (exact) mass is 480 g/mol. The third-order valence-electron chi connectivity index (χ3n) is 5.69. The second kappa shape index (κ2) is 8.83. The number of aryl methyl sites for hydroxylation is 1. The molecule has 0 saturated carbocycles. The van der Waals surface area contributed by atoms with Crippen LogP contribution in [0.5, 0.6) is 0 Å². The van der Waals surface area contributed by atoms with Crippen LogP contribution in [-0.2, 0) is 24.7 Å². The number of hydrogen-bond acceptors (Lipinski definition) is 5. The van der Waals surface area contributed by atoms with Gasteiger partial charge in [-0.25, -0.2) is 18.7 Å². The molecule has 0 radical (unpaired) electrons. The minimum Gasteiger partial charge on any atom is -0.309 e. The first-order chi connectivity index (χ1) is 16.4. The van der Waals surface area contributed by atoms with Gasteiger partial charge in [0.15, 0.2) is 0 Å². The van der Waals surface area contributed by atoms with Gasteiger partial charge in [0.1, 0.15) is 17.5 Å². The zero-order chi connectivity index (χ0) is 23.8. The summed E-state index contributed by atoms with van der Waals surface area (Å²) in [6.45, 7) is 0.352. The normalized spacial score (nSPS) is 12.6. The number of fused-ring (bicyclic) bond motifs is 1. The largest absolute Gasteiger partial charge is 0.309 e. The van der Waals surface area contributed by atoms with Crippen molar-refractivity contribution >= 4 is 35.0 Å². The number of aromatic nitrogens is 4. The standard InChI is InChI=1S/C24H19ClF2N6O/c1-32-21(5-8-29-32)31-24-28-7-4-20(30-24)16-10-15-6-9-33(23(15)19(27)11-16)22(34)12-14-2-3-17(26)13-18(14)25/h2-5,7-8,10-11,13H,6,9,12H2,1H3,(H,28,30,31). The van der Waals surface area contributed by atoms with Gasteiger partial charge in [0, 0.05) is 36.4 Å². The fourth-order valence-corrected chi connectivity index (χ4v) is 4.24. The Kier molecular flexibility index (Phi) is 5.70. The van der Waals surface area contributed by atoms with Gasteiger partial charge in [-0.3, -0.25) is 9.48 Å². The molecule has 5 rings (SSSR count). The molecule has 0 atom stereocenters. The highest BCUT2D eigenvalue weighted by Crippen LogP contribution is 2.35. The van der Waals surface area contributed by atoms with E-state index in [9.17, 15) is 9.18 Å². The Morgan fingerprint density at radius 3 is 2.76 bits per heavy atom. The molecule has 0 bridgehead atoms. The highest BCUT2D eigenvalue weighted by molar-refractivity contribution is 6.31. The molecule has 4 aromatic rings. The molecule has 0 aliphatic carbocycles. The molecule has 1 amide bonds. The van der Waals surface area contributed by atoms with E-state index in [1.54, 1.807) is 36.3 Å². The Balaban J connectivity index is 1.40. The summed E-state index contributed by atoms with van der Waals surface area (Å²) in [5.41, 5.74) is 2.60. The van der Waals surface area contributed by atoms with E-state index in [4.69, 9.17) is 11.6 Å². The molecular formula is C24H19ClF2N6O. The molecule has 10 heteroatoms. The highest BCUT2D eigenvalue weighted by Gasteiger charge is 2.29. The van der Waals surface area contributed by atoms with E-state index in [1.165, 1.54) is 23.1 Å². The molecule has 34 heavy (non-hydrogen) atoms. The number of rotatable bonds is 5. The molecule has 0 saturated heterocycles. The van der Waals surface area contributed by atoms with Gasteiger partial charge in [-0.2, -0.15) is 5.10 Å². The first-order valence-electron chi connectivity index (χ1n) is 10.5. The van der Waals surface area contributed by atoms with Gasteiger partial charge in [-0.1, -0.05) is 17.7 Å². The molecular weight excluding hydrogens is 462 g/mol. The number of nitrogens with zero attached hydrogens (tertiary/aromatic N) is 5. The Morgan fingerprint density at radius 1 is 1.15 bits per heavy atom. The van der Waals surface area contributed by atoms with Crippen LogP contribution in [0.4, 0.5) is 26.2 Å². The molecule has 0 fully saturated rings. The van der Waals surface area contributed by atoms with E-state index in [-0.39, 0.29) is 23.0 Å². The van der Waals surface area contributed by atoms with Crippen molar-refractivity contribution in [3.8, 4) is 11.3 Å². The zero-order valence-corrected chi connectivity index (χ0v) is 18.9. The van der Waals surface area contributed by atoms with Crippen LogP contribution in [0.3, 0.4) is 0 Å². The minimum absolute atomic E-state index is 0.0469. The lowest BCUT2D eigenvalue weighted by Crippen LogP contribution is -2.31. The van der Waals surface area contributed by atoms with Crippen molar-refractivity contribution in [3.63, 3.8) is 0 Å². The Labute approximate surface area is 199 Å². The van der Waals surface area contributed by atoms with Gasteiger partial charge >= 0.3 is 0 Å². The second-order valence-electron chi connectivity index (χ2n) is 7.90. The maximum absolute atomic E-state index is 15.2. The Morgan fingerprint density at radius 2 is 2.00 bits per heavy atom. The summed E-state index contributed by atoms with van der Waals surface area (Å²) < 4.78 is 30.2. The van der Waals surface area contributed by atoms with Gasteiger partial charge in [0.05, 0.1) is 24.0 Å². The number of nitrogens with one attached hydrogen (secondary N) is 1. The SMILES string of the molecule is Cn1nccc1Nc1nccc(-c2cc(F)c3c(c2)CCN3C(=O)Cc2ccc(F)cc2Cl)n1. The van der Waals surface area contributed by atoms with Crippen molar-refractivity contribution in [2.45, 2.75) is 12.8 Å². The van der Waals surface area contributed by atoms with Gasteiger partial charge < -0.3 is 10.2 Å². The smallest absolute Gasteiger partial charge is 0.231 e. The average Bonchev–Trinajstić information content (AvgIpc) is 3.42. The van der Waals surface area contributed by atoms with E-state index in [0.29, 0.717) is 47.1 Å². The molecule has 2 aromatic heterocycles. The number of hydrogen-bond donors (Lipinski definition) is 1. The van der Waals surface area contributed by atoms with Crippen molar-refractivity contribution in [1.29, 1.82) is 0 Å². The number of halogens is 3. The summed E-state index contributed by atoms with van der Waals surface area (Å²) in [5.74, 6) is -0.218. The zero-order valence-electron chi connectivity index (χ0n) is 18.1. The predicted octanol–water partition coefficient (Wildman–Crippen LogP) is 4.68. The topological polar surface area (TPSA) is 75.9 Å². The molecule has 7 nitrogen and oxygen atoms in total. The molecule has 0 spiro atoms. The summed E-state index contributed by atoms with van der Waals surface area (Å²) >= 11 is 6.06. The van der Waals surface area contributed by atoms with Crippen molar-refractivity contribution < 1.29 is 13.6 Å². The van der Waals surface area contributed by atoms with Gasteiger partial charge in [-0.15, -0.1) is 0 Å². The summed E-state index contributed by atoms with van der Waals surface area (Å²) in [5, 5.41) is 7.34. The lowest BCUT2D eigenvalue weighted by atomic mass is 10.0. The fraction of sp³-hybridized carbons (Fsp3) is 0.167. The van der Waals surface area contributed by atoms with Gasteiger partial charge in [-0.05, 0) is 47.9 Å². The fourth-order valence-electron chi connectivity index (χ4n) is 4.00. The molecule has 1 N–H and O–H groups in total. The van der Waals surface area contributed by atoms with Crippen LogP contribution in [0, 0.1) is 11.6 Å². The first kappa shape index (κ1) is 22.0. The van der Waals surface area contributed by atoms with E-state index in [1.807, 2.05) is 6.07 Å². The minimum atomic E-state index is -0.511. The highest BCUT2D eigenvalue weighted by atomic mass is 35.5. The summed E-state index contributed by atoms with van der Waals surface area (Å²) in [6.07, 6.45) is 3.70. The van der Waals surface area contributed by atoms with Crippen LogP contribution in [0.2, 0.25) is 5.02 Å².